The maximum Gasteiger partial charge on any atom is 0.216 e. The van der Waals surface area contributed by atoms with Gasteiger partial charge in [-0.1, -0.05) is 11.6 Å². The van der Waals surface area contributed by atoms with Gasteiger partial charge in [0.1, 0.15) is 17.3 Å². The molecule has 10 nitrogen and oxygen atoms in total. The molecule has 0 spiro atoms. The maximum absolute atomic E-state index is 11.2. The van der Waals surface area contributed by atoms with E-state index in [9.17, 15) is 4.79 Å². The molecule has 0 aliphatic heterocycles. The van der Waals surface area contributed by atoms with Gasteiger partial charge in [0.25, 0.3) is 0 Å². The summed E-state index contributed by atoms with van der Waals surface area (Å²) in [4.78, 5) is 20.6. The number of nitrogens with zero attached hydrogens (tertiary/aromatic N) is 6. The summed E-state index contributed by atoms with van der Waals surface area (Å²) in [5.41, 5.74) is 3.63. The molecule has 0 unspecified atom stereocenters. The van der Waals surface area contributed by atoms with E-state index in [0.29, 0.717) is 46.7 Å². The molecule has 0 atom stereocenters. The molecule has 0 aliphatic carbocycles. The third kappa shape index (κ3) is 3.99. The van der Waals surface area contributed by atoms with Crippen molar-refractivity contribution in [3.63, 3.8) is 0 Å². The minimum Gasteiger partial charge on any atom is -0.494 e. The van der Waals surface area contributed by atoms with Crippen LogP contribution in [0.3, 0.4) is 0 Å². The molecular formula is C23H21ClN8O2. The standard InChI is InChI=1S/C23H21ClN8O2/c1-14(33)25-7-8-26-22-17-13-29-32(20-10-15(24)4-5-21(20)34-2)19(17)11-18(30-22)16-12-28-31-9-3-6-27-23(16)31/h3-6,9-13H,7-8H2,1-2H3,(H,25,33)(H,26,30). The number of methoxy groups -OCH3 is 1. The van der Waals surface area contributed by atoms with Crippen LogP contribution >= 0.6 is 11.6 Å². The highest BCUT2D eigenvalue weighted by Crippen LogP contribution is 2.33. The Kier molecular flexibility index (Phi) is 5.72. The number of rotatable bonds is 7. The van der Waals surface area contributed by atoms with Crippen molar-refractivity contribution in [2.45, 2.75) is 6.92 Å². The van der Waals surface area contributed by atoms with E-state index in [1.807, 2.05) is 18.3 Å². The van der Waals surface area contributed by atoms with Crippen molar-refractivity contribution in [2.75, 3.05) is 25.5 Å². The van der Waals surface area contributed by atoms with E-state index in [2.05, 4.69) is 25.8 Å². The number of carbonyl (C=O) groups is 1. The van der Waals surface area contributed by atoms with E-state index >= 15 is 0 Å². The molecule has 0 fully saturated rings. The highest BCUT2D eigenvalue weighted by atomic mass is 35.5. The van der Waals surface area contributed by atoms with E-state index in [1.165, 1.54) is 6.92 Å². The third-order valence-electron chi connectivity index (χ3n) is 5.28. The van der Waals surface area contributed by atoms with Crippen LogP contribution in [0.15, 0.2) is 55.1 Å². The number of benzene rings is 1. The predicted octanol–water partition coefficient (Wildman–Crippen LogP) is 3.34. The van der Waals surface area contributed by atoms with Gasteiger partial charge in [0.15, 0.2) is 5.65 Å². The summed E-state index contributed by atoms with van der Waals surface area (Å²) >= 11 is 6.29. The maximum atomic E-state index is 11.2. The first-order valence-electron chi connectivity index (χ1n) is 10.5. The molecule has 2 N–H and O–H groups in total. The topological polar surface area (TPSA) is 111 Å². The second-order valence-electron chi connectivity index (χ2n) is 7.52. The summed E-state index contributed by atoms with van der Waals surface area (Å²) in [7, 11) is 1.60. The normalized spacial score (nSPS) is 11.1. The molecule has 5 rings (SSSR count). The van der Waals surface area contributed by atoms with Gasteiger partial charge in [0.05, 0.1) is 41.7 Å². The fourth-order valence-electron chi connectivity index (χ4n) is 3.74. The summed E-state index contributed by atoms with van der Waals surface area (Å²) < 4.78 is 9.02. The Labute approximate surface area is 199 Å². The van der Waals surface area contributed by atoms with Gasteiger partial charge in [-0.15, -0.1) is 0 Å². The molecular weight excluding hydrogens is 456 g/mol. The van der Waals surface area contributed by atoms with Gasteiger partial charge in [-0.2, -0.15) is 10.2 Å². The number of carbonyl (C=O) groups excluding carboxylic acids is 1. The van der Waals surface area contributed by atoms with Crippen LogP contribution in [0, 0.1) is 0 Å². The van der Waals surface area contributed by atoms with Crippen LogP contribution in [0.1, 0.15) is 6.92 Å². The molecule has 0 aliphatic rings. The number of amides is 1. The Morgan fingerprint density at radius 2 is 2.06 bits per heavy atom. The lowest BCUT2D eigenvalue weighted by atomic mass is 10.1. The quantitative estimate of drug-likeness (QED) is 0.346. The number of ether oxygens (including phenoxy) is 1. The van der Waals surface area contributed by atoms with Crippen molar-refractivity contribution in [2.24, 2.45) is 0 Å². The number of fused-ring (bicyclic) bond motifs is 2. The SMILES string of the molecule is COc1ccc(Cl)cc1-n1ncc2c(NCCNC(C)=O)nc(-c3cnn4cccnc34)cc21. The minimum absolute atomic E-state index is 0.0908. The fraction of sp³-hybridized carbons (Fsp3) is 0.174. The van der Waals surface area contributed by atoms with Gasteiger partial charge in [0.2, 0.25) is 5.91 Å². The lowest BCUT2D eigenvalue weighted by Gasteiger charge is -2.12. The average Bonchev–Trinajstić information content (AvgIpc) is 3.46. The van der Waals surface area contributed by atoms with E-state index in [0.717, 1.165) is 16.5 Å². The van der Waals surface area contributed by atoms with Crippen LogP contribution in [0.25, 0.3) is 33.5 Å². The third-order valence-corrected chi connectivity index (χ3v) is 5.52. The van der Waals surface area contributed by atoms with Crippen molar-refractivity contribution in [1.29, 1.82) is 0 Å². The Morgan fingerprint density at radius 3 is 2.88 bits per heavy atom. The number of pyridine rings is 1. The zero-order valence-electron chi connectivity index (χ0n) is 18.5. The zero-order valence-corrected chi connectivity index (χ0v) is 19.2. The molecule has 4 aromatic heterocycles. The largest absolute Gasteiger partial charge is 0.494 e. The van der Waals surface area contributed by atoms with E-state index in [4.69, 9.17) is 21.3 Å². The molecule has 1 amide bonds. The number of aromatic nitrogens is 6. The molecule has 0 saturated heterocycles. The molecule has 5 aromatic rings. The summed E-state index contributed by atoms with van der Waals surface area (Å²) in [6.45, 7) is 2.43. The molecule has 1 aromatic carbocycles. The lowest BCUT2D eigenvalue weighted by molar-refractivity contribution is -0.118. The molecule has 4 heterocycles. The first-order chi connectivity index (χ1) is 16.5. The van der Waals surface area contributed by atoms with Crippen LogP contribution < -0.4 is 15.4 Å². The highest BCUT2D eigenvalue weighted by Gasteiger charge is 2.18. The highest BCUT2D eigenvalue weighted by molar-refractivity contribution is 6.30. The van der Waals surface area contributed by atoms with Gasteiger partial charge < -0.3 is 15.4 Å². The monoisotopic (exact) mass is 476 g/mol. The Hall–Kier alpha value is -4.18. The van der Waals surface area contributed by atoms with Gasteiger partial charge in [-0.25, -0.2) is 19.2 Å². The second kappa shape index (κ2) is 8.99. The van der Waals surface area contributed by atoms with E-state index in [-0.39, 0.29) is 5.91 Å². The van der Waals surface area contributed by atoms with Crippen LogP contribution in [0.2, 0.25) is 5.02 Å². The molecule has 0 radical (unpaired) electrons. The van der Waals surface area contributed by atoms with Gasteiger partial charge in [-0.3, -0.25) is 4.79 Å². The van der Waals surface area contributed by atoms with Crippen molar-refractivity contribution in [1.82, 2.24) is 34.7 Å². The molecule has 0 saturated carbocycles. The van der Waals surface area contributed by atoms with Crippen molar-refractivity contribution >= 4 is 39.9 Å². The lowest BCUT2D eigenvalue weighted by Crippen LogP contribution is -2.26. The minimum atomic E-state index is -0.0908. The number of halogens is 1. The Balaban J connectivity index is 1.68. The van der Waals surface area contributed by atoms with Crippen LogP contribution in [-0.4, -0.2) is 55.5 Å². The van der Waals surface area contributed by atoms with Gasteiger partial charge >= 0.3 is 0 Å². The van der Waals surface area contributed by atoms with Crippen LogP contribution in [0.5, 0.6) is 5.75 Å². The smallest absolute Gasteiger partial charge is 0.216 e. The van der Waals surface area contributed by atoms with Gasteiger partial charge in [-0.05, 0) is 30.3 Å². The number of hydrogen-bond acceptors (Lipinski definition) is 7. The molecule has 11 heteroatoms. The predicted molar refractivity (Wildman–Crippen MR) is 130 cm³/mol. The van der Waals surface area contributed by atoms with Gasteiger partial charge in [0, 0.05) is 37.4 Å². The van der Waals surface area contributed by atoms with E-state index in [1.54, 1.807) is 53.1 Å². The van der Waals surface area contributed by atoms with Crippen LogP contribution in [-0.2, 0) is 4.79 Å². The van der Waals surface area contributed by atoms with Crippen LogP contribution in [0.4, 0.5) is 5.82 Å². The molecule has 34 heavy (non-hydrogen) atoms. The summed E-state index contributed by atoms with van der Waals surface area (Å²) in [5.74, 6) is 1.16. The Bertz CT molecular complexity index is 1510. The fourth-order valence-corrected chi connectivity index (χ4v) is 3.91. The summed E-state index contributed by atoms with van der Waals surface area (Å²) in [5, 5.41) is 16.5. The Morgan fingerprint density at radius 1 is 1.18 bits per heavy atom. The number of anilines is 1. The molecule has 0 bridgehead atoms. The second-order valence-corrected chi connectivity index (χ2v) is 7.95. The van der Waals surface area contributed by atoms with Crippen molar-refractivity contribution in [3.05, 3.63) is 60.1 Å². The summed E-state index contributed by atoms with van der Waals surface area (Å²) in [6, 6.07) is 9.12. The molecule has 172 valence electrons. The first kappa shape index (κ1) is 21.7. The van der Waals surface area contributed by atoms with E-state index < -0.39 is 0 Å². The zero-order chi connectivity index (χ0) is 23.7. The first-order valence-corrected chi connectivity index (χ1v) is 10.9. The van der Waals surface area contributed by atoms with Crippen molar-refractivity contribution in [3.8, 4) is 22.7 Å². The number of hydrogen-bond donors (Lipinski definition) is 2. The average molecular weight is 477 g/mol. The number of nitrogens with one attached hydrogen (secondary N) is 2. The summed E-state index contributed by atoms with van der Waals surface area (Å²) in [6.07, 6.45) is 7.02. The van der Waals surface area contributed by atoms with Crippen molar-refractivity contribution < 1.29 is 9.53 Å².